The van der Waals surface area contributed by atoms with Gasteiger partial charge in [0.25, 0.3) is 0 Å². The molecule has 0 saturated carbocycles. The Hall–Kier alpha value is -0.570. The van der Waals surface area contributed by atoms with E-state index in [1.165, 1.54) is 12.0 Å². The minimum absolute atomic E-state index is 0.388. The van der Waals surface area contributed by atoms with Crippen molar-refractivity contribution in [1.29, 1.82) is 0 Å². The normalized spacial score (nSPS) is 13.1. The third kappa shape index (κ3) is 4.97. The lowest BCUT2D eigenvalue weighted by molar-refractivity contribution is 0.389. The van der Waals surface area contributed by atoms with Crippen LogP contribution in [-0.2, 0) is 0 Å². The second-order valence-electron chi connectivity index (χ2n) is 4.38. The first-order valence-electron chi connectivity index (χ1n) is 5.73. The highest BCUT2D eigenvalue weighted by Crippen LogP contribution is 2.15. The van der Waals surface area contributed by atoms with Crippen molar-refractivity contribution in [2.75, 3.05) is 27.2 Å². The molecular weight excluding hydrogens is 220 g/mol. The Bertz CT molecular complexity index is 295. The molecule has 1 N–H and O–H groups in total. The maximum atomic E-state index is 5.85. The van der Waals surface area contributed by atoms with Crippen molar-refractivity contribution in [2.45, 2.75) is 19.4 Å². The van der Waals surface area contributed by atoms with Gasteiger partial charge in [0.15, 0.2) is 0 Å². The molecule has 16 heavy (non-hydrogen) atoms. The molecule has 0 fully saturated rings. The molecule has 0 amide bonds. The lowest BCUT2D eigenvalue weighted by Gasteiger charge is -2.15. The van der Waals surface area contributed by atoms with E-state index in [2.05, 4.69) is 43.4 Å². The van der Waals surface area contributed by atoms with Crippen molar-refractivity contribution in [3.05, 3.63) is 34.9 Å². The van der Waals surface area contributed by atoms with Gasteiger partial charge >= 0.3 is 0 Å². The zero-order valence-electron chi connectivity index (χ0n) is 10.3. The summed E-state index contributed by atoms with van der Waals surface area (Å²) < 4.78 is 0. The maximum Gasteiger partial charge on any atom is 0.0406 e. The van der Waals surface area contributed by atoms with E-state index in [1.54, 1.807) is 0 Å². The minimum atomic E-state index is 0.388. The van der Waals surface area contributed by atoms with Crippen molar-refractivity contribution < 1.29 is 0 Å². The van der Waals surface area contributed by atoms with Gasteiger partial charge in [-0.2, -0.15) is 0 Å². The van der Waals surface area contributed by atoms with Gasteiger partial charge in [-0.15, -0.1) is 0 Å². The molecule has 0 radical (unpaired) electrons. The average molecular weight is 241 g/mol. The molecule has 0 aliphatic carbocycles. The molecule has 0 spiro atoms. The van der Waals surface area contributed by atoms with Crippen LogP contribution in [-0.4, -0.2) is 32.1 Å². The highest BCUT2D eigenvalue weighted by atomic mass is 35.5. The van der Waals surface area contributed by atoms with Gasteiger partial charge in [0.05, 0.1) is 0 Å². The van der Waals surface area contributed by atoms with Crippen LogP contribution in [0.3, 0.4) is 0 Å². The fourth-order valence-electron chi connectivity index (χ4n) is 1.58. The molecule has 90 valence electrons. The summed E-state index contributed by atoms with van der Waals surface area (Å²) in [6, 6.07) is 8.42. The van der Waals surface area contributed by atoms with Gasteiger partial charge in [-0.1, -0.05) is 23.7 Å². The van der Waals surface area contributed by atoms with Gasteiger partial charge < -0.3 is 10.2 Å². The monoisotopic (exact) mass is 240 g/mol. The van der Waals surface area contributed by atoms with Crippen LogP contribution in [0.15, 0.2) is 24.3 Å². The highest BCUT2D eigenvalue weighted by molar-refractivity contribution is 6.30. The molecule has 0 heterocycles. The average Bonchev–Trinajstić information content (AvgIpc) is 2.25. The molecule has 1 aromatic rings. The Kier molecular flexibility index (Phi) is 5.81. The predicted octanol–water partition coefficient (Wildman–Crippen LogP) is 2.94. The summed E-state index contributed by atoms with van der Waals surface area (Å²) in [5.74, 6) is 0. The highest BCUT2D eigenvalue weighted by Gasteiger charge is 2.03. The SMILES string of the molecule is CC(NCCCN(C)C)c1ccc(Cl)cc1. The van der Waals surface area contributed by atoms with E-state index < -0.39 is 0 Å². The number of hydrogen-bond donors (Lipinski definition) is 1. The number of rotatable bonds is 6. The van der Waals surface area contributed by atoms with Crippen LogP contribution in [0.1, 0.15) is 24.9 Å². The lowest BCUT2D eigenvalue weighted by atomic mass is 10.1. The third-order valence-corrected chi connectivity index (χ3v) is 2.85. The van der Waals surface area contributed by atoms with Crippen LogP contribution >= 0.6 is 11.6 Å². The maximum absolute atomic E-state index is 5.85. The number of nitrogens with one attached hydrogen (secondary N) is 1. The van der Waals surface area contributed by atoms with E-state index >= 15 is 0 Å². The first-order valence-corrected chi connectivity index (χ1v) is 6.11. The largest absolute Gasteiger partial charge is 0.310 e. The first kappa shape index (κ1) is 13.5. The smallest absolute Gasteiger partial charge is 0.0406 e. The topological polar surface area (TPSA) is 15.3 Å². The Morgan fingerprint density at radius 3 is 2.44 bits per heavy atom. The van der Waals surface area contributed by atoms with E-state index in [-0.39, 0.29) is 0 Å². The Morgan fingerprint density at radius 1 is 1.25 bits per heavy atom. The van der Waals surface area contributed by atoms with Crippen LogP contribution < -0.4 is 5.32 Å². The summed E-state index contributed by atoms with van der Waals surface area (Å²) in [5, 5.41) is 4.30. The molecule has 0 aliphatic heterocycles. The number of nitrogens with zero attached hydrogens (tertiary/aromatic N) is 1. The van der Waals surface area contributed by atoms with E-state index in [0.717, 1.165) is 18.1 Å². The van der Waals surface area contributed by atoms with E-state index in [4.69, 9.17) is 11.6 Å². The molecule has 0 aliphatic rings. The summed E-state index contributed by atoms with van der Waals surface area (Å²) in [6.07, 6.45) is 1.17. The van der Waals surface area contributed by atoms with Gasteiger partial charge in [0.1, 0.15) is 0 Å². The van der Waals surface area contributed by atoms with Gasteiger partial charge in [-0.3, -0.25) is 0 Å². The van der Waals surface area contributed by atoms with Crippen molar-refractivity contribution in [3.8, 4) is 0 Å². The standard InChI is InChI=1S/C13H21ClN2/c1-11(15-9-4-10-16(2)3)12-5-7-13(14)8-6-12/h5-8,11,15H,4,9-10H2,1-3H3. The van der Waals surface area contributed by atoms with E-state index in [9.17, 15) is 0 Å². The summed E-state index contributed by atoms with van der Waals surface area (Å²) in [4.78, 5) is 2.20. The summed E-state index contributed by atoms with van der Waals surface area (Å²) in [7, 11) is 4.20. The summed E-state index contributed by atoms with van der Waals surface area (Å²) in [6.45, 7) is 4.35. The Labute approximate surface area is 104 Å². The van der Waals surface area contributed by atoms with Crippen LogP contribution in [0.5, 0.6) is 0 Å². The van der Waals surface area contributed by atoms with Gasteiger partial charge in [-0.25, -0.2) is 0 Å². The molecule has 0 bridgehead atoms. The quantitative estimate of drug-likeness (QED) is 0.770. The second-order valence-corrected chi connectivity index (χ2v) is 4.82. The molecular formula is C13H21ClN2. The molecule has 0 aromatic heterocycles. The predicted molar refractivity (Wildman–Crippen MR) is 71.0 cm³/mol. The fourth-order valence-corrected chi connectivity index (χ4v) is 1.71. The van der Waals surface area contributed by atoms with Gasteiger partial charge in [0.2, 0.25) is 0 Å². The van der Waals surface area contributed by atoms with Crippen LogP contribution in [0, 0.1) is 0 Å². The van der Waals surface area contributed by atoms with Crippen LogP contribution in [0.2, 0.25) is 5.02 Å². The molecule has 1 aromatic carbocycles. The molecule has 0 saturated heterocycles. The molecule has 1 unspecified atom stereocenters. The summed E-state index contributed by atoms with van der Waals surface area (Å²) >= 11 is 5.85. The minimum Gasteiger partial charge on any atom is -0.310 e. The summed E-state index contributed by atoms with van der Waals surface area (Å²) in [5.41, 5.74) is 1.29. The van der Waals surface area contributed by atoms with E-state index in [0.29, 0.717) is 6.04 Å². The number of halogens is 1. The Morgan fingerprint density at radius 2 is 1.88 bits per heavy atom. The second kappa shape index (κ2) is 6.89. The van der Waals surface area contributed by atoms with Gasteiger partial charge in [0, 0.05) is 11.1 Å². The number of benzene rings is 1. The zero-order chi connectivity index (χ0) is 12.0. The van der Waals surface area contributed by atoms with Crippen molar-refractivity contribution in [3.63, 3.8) is 0 Å². The first-order chi connectivity index (χ1) is 7.59. The van der Waals surface area contributed by atoms with Crippen LogP contribution in [0.25, 0.3) is 0 Å². The molecule has 1 rings (SSSR count). The molecule has 1 atom stereocenters. The third-order valence-electron chi connectivity index (χ3n) is 2.60. The lowest BCUT2D eigenvalue weighted by Crippen LogP contribution is -2.23. The number of hydrogen-bond acceptors (Lipinski definition) is 2. The zero-order valence-corrected chi connectivity index (χ0v) is 11.1. The fraction of sp³-hybridized carbons (Fsp3) is 0.538. The van der Waals surface area contributed by atoms with Crippen molar-refractivity contribution in [2.24, 2.45) is 0 Å². The molecule has 2 nitrogen and oxygen atoms in total. The van der Waals surface area contributed by atoms with Gasteiger partial charge in [-0.05, 0) is 58.2 Å². The van der Waals surface area contributed by atoms with Crippen molar-refractivity contribution >= 4 is 11.6 Å². The van der Waals surface area contributed by atoms with Crippen LogP contribution in [0.4, 0.5) is 0 Å². The Balaban J connectivity index is 2.29. The van der Waals surface area contributed by atoms with Crippen molar-refractivity contribution in [1.82, 2.24) is 10.2 Å². The van der Waals surface area contributed by atoms with E-state index in [1.807, 2.05) is 12.1 Å². The molecule has 3 heteroatoms.